The number of para-hydroxylation sites is 1. The molecule has 108 valence electrons. The summed E-state index contributed by atoms with van der Waals surface area (Å²) in [4.78, 5) is 0. The van der Waals surface area contributed by atoms with Gasteiger partial charge in [-0.1, -0.05) is 18.2 Å². The molecule has 1 aromatic rings. The van der Waals surface area contributed by atoms with Gasteiger partial charge in [-0.2, -0.15) is 0 Å². The number of hydrogen-bond donors (Lipinski definition) is 0. The van der Waals surface area contributed by atoms with Gasteiger partial charge in [0.1, 0.15) is 12.4 Å². The van der Waals surface area contributed by atoms with Crippen molar-refractivity contribution in [1.29, 1.82) is 0 Å². The van der Waals surface area contributed by atoms with Crippen LogP contribution in [0.1, 0.15) is 5.56 Å². The number of benzene rings is 1. The van der Waals surface area contributed by atoms with E-state index in [0.717, 1.165) is 36.6 Å². The number of halogens is 1. The zero-order valence-corrected chi connectivity index (χ0v) is 13.9. The van der Waals surface area contributed by atoms with E-state index >= 15 is 0 Å². The van der Waals surface area contributed by atoms with E-state index < -0.39 is 0 Å². The van der Waals surface area contributed by atoms with Gasteiger partial charge in [-0.05, 0) is 18.6 Å². The first-order chi connectivity index (χ1) is 8.40. The van der Waals surface area contributed by atoms with Crippen LogP contribution in [-0.2, 0) is 4.74 Å². The summed E-state index contributed by atoms with van der Waals surface area (Å²) >= 11 is 0. The van der Waals surface area contributed by atoms with Gasteiger partial charge in [0.25, 0.3) is 0 Å². The molecule has 1 fully saturated rings. The van der Waals surface area contributed by atoms with Crippen LogP contribution in [-0.4, -0.2) is 52.0 Å². The maximum Gasteiger partial charge on any atom is 0.122 e. The average Bonchev–Trinajstić information content (AvgIpc) is 2.22. The Kier molecular flexibility index (Phi) is 5.42. The van der Waals surface area contributed by atoms with Crippen LogP contribution in [0.2, 0.25) is 0 Å². The predicted molar refractivity (Wildman–Crippen MR) is 72.8 cm³/mol. The minimum absolute atomic E-state index is 0. The third-order valence-corrected chi connectivity index (χ3v) is 3.25. The molecule has 1 aliphatic heterocycles. The van der Waals surface area contributed by atoms with Crippen LogP contribution in [0.5, 0.6) is 5.75 Å². The average molecular weight is 330 g/mol. The van der Waals surface area contributed by atoms with E-state index in [9.17, 15) is 0 Å². The fourth-order valence-electron chi connectivity index (χ4n) is 2.57. The summed E-state index contributed by atoms with van der Waals surface area (Å²) in [6.45, 7) is 5.54. The van der Waals surface area contributed by atoms with Crippen molar-refractivity contribution in [2.24, 2.45) is 5.41 Å². The lowest BCUT2D eigenvalue weighted by molar-refractivity contribution is -0.879. The van der Waals surface area contributed by atoms with E-state index in [1.807, 2.05) is 18.2 Å². The summed E-state index contributed by atoms with van der Waals surface area (Å²) in [6, 6.07) is 8.18. The molecule has 0 aliphatic carbocycles. The van der Waals surface area contributed by atoms with E-state index in [-0.39, 0.29) is 22.4 Å². The predicted octanol–water partition coefficient (Wildman–Crippen LogP) is -0.899. The van der Waals surface area contributed by atoms with Gasteiger partial charge in [-0.25, -0.2) is 0 Å². The fourth-order valence-corrected chi connectivity index (χ4v) is 2.57. The topological polar surface area (TPSA) is 18.5 Å². The van der Waals surface area contributed by atoms with Crippen LogP contribution in [0, 0.1) is 12.3 Å². The van der Waals surface area contributed by atoms with Gasteiger partial charge in [0.2, 0.25) is 0 Å². The third kappa shape index (κ3) is 4.48. The first-order valence-electron chi connectivity index (χ1n) is 6.47. The molecule has 1 aliphatic rings. The van der Waals surface area contributed by atoms with Crippen LogP contribution in [0.4, 0.5) is 0 Å². The summed E-state index contributed by atoms with van der Waals surface area (Å²) in [5.41, 5.74) is 1.37. The van der Waals surface area contributed by atoms with Crippen LogP contribution in [0.3, 0.4) is 0 Å². The van der Waals surface area contributed by atoms with Crippen LogP contribution < -0.4 is 21.7 Å². The number of aryl methyl sites for hydroxylation is 1. The largest absolute Gasteiger partial charge is 1.00 e. The van der Waals surface area contributed by atoms with Gasteiger partial charge in [0.05, 0.1) is 46.3 Å². The Hall–Kier alpha value is -0.580. The summed E-state index contributed by atoms with van der Waals surface area (Å²) in [5.74, 6) is 0.991. The molecule has 0 spiro atoms. The molecule has 0 aromatic heterocycles. The Bertz CT molecular complexity index is 411. The molecule has 1 heterocycles. The number of ether oxygens (including phenoxy) is 2. The number of hydrogen-bond acceptors (Lipinski definition) is 2. The zero-order chi connectivity index (χ0) is 13.2. The highest BCUT2D eigenvalue weighted by molar-refractivity contribution is 5.31. The molecule has 0 N–H and O–H groups in total. The van der Waals surface area contributed by atoms with Gasteiger partial charge in [-0.3, -0.25) is 0 Å². The van der Waals surface area contributed by atoms with E-state index in [1.165, 1.54) is 5.56 Å². The molecule has 2 rings (SSSR count). The van der Waals surface area contributed by atoms with E-state index in [4.69, 9.17) is 9.47 Å². The molecule has 0 bridgehead atoms. The van der Waals surface area contributed by atoms with E-state index in [0.29, 0.717) is 0 Å². The van der Waals surface area contributed by atoms with Crippen molar-refractivity contribution in [1.82, 2.24) is 0 Å². The van der Waals surface area contributed by atoms with E-state index in [1.54, 1.807) is 0 Å². The smallest absolute Gasteiger partial charge is 0.122 e. The highest BCUT2D eigenvalue weighted by Crippen LogP contribution is 2.31. The second kappa shape index (κ2) is 6.25. The molecular weight excluding hydrogens is 306 g/mol. The minimum Gasteiger partial charge on any atom is -1.00 e. The summed E-state index contributed by atoms with van der Waals surface area (Å²) in [7, 11) is 6.65. The monoisotopic (exact) mass is 329 g/mol. The molecule has 0 amide bonds. The highest BCUT2D eigenvalue weighted by atomic mass is 79.9. The van der Waals surface area contributed by atoms with Crippen molar-refractivity contribution >= 4 is 0 Å². The standard InChI is InChI=1S/C15H24NO2.BrH/c1-13-7-5-6-8-14(13)18-12-15(10-17-11-15)9-16(2,3)4;/h5-8H,9-12H2,1-4H3;1H/q+1;/p-1. The molecule has 3 nitrogen and oxygen atoms in total. The number of rotatable bonds is 5. The second-order valence-corrected chi connectivity index (χ2v) is 6.50. The number of quaternary nitrogens is 1. The second-order valence-electron chi connectivity index (χ2n) is 6.50. The van der Waals surface area contributed by atoms with Gasteiger partial charge in [0, 0.05) is 0 Å². The van der Waals surface area contributed by atoms with Crippen LogP contribution in [0.15, 0.2) is 24.3 Å². The zero-order valence-electron chi connectivity index (χ0n) is 12.3. The molecule has 1 saturated heterocycles. The molecule has 1 aromatic carbocycles. The highest BCUT2D eigenvalue weighted by Gasteiger charge is 2.44. The van der Waals surface area contributed by atoms with Gasteiger partial charge in [0.15, 0.2) is 0 Å². The molecule has 4 heteroatoms. The summed E-state index contributed by atoms with van der Waals surface area (Å²) in [6.07, 6.45) is 0. The fraction of sp³-hybridized carbons (Fsp3) is 0.600. The molecule has 0 atom stereocenters. The third-order valence-electron chi connectivity index (χ3n) is 3.25. The van der Waals surface area contributed by atoms with Crippen molar-refractivity contribution in [2.45, 2.75) is 6.92 Å². The van der Waals surface area contributed by atoms with Crippen molar-refractivity contribution in [2.75, 3.05) is 47.5 Å². The van der Waals surface area contributed by atoms with Crippen molar-refractivity contribution in [3.05, 3.63) is 29.8 Å². The van der Waals surface area contributed by atoms with Gasteiger partial charge >= 0.3 is 0 Å². The lowest BCUT2D eigenvalue weighted by Gasteiger charge is -2.44. The molecule has 19 heavy (non-hydrogen) atoms. The SMILES string of the molecule is Cc1ccccc1OCC1(C[N+](C)(C)C)COC1.[Br-]. The molecular formula is C15H24BrNO2. The first-order valence-corrected chi connectivity index (χ1v) is 6.47. The quantitative estimate of drug-likeness (QED) is 0.652. The molecule has 0 saturated carbocycles. The van der Waals surface area contributed by atoms with Crippen molar-refractivity contribution in [3.63, 3.8) is 0 Å². The lowest BCUT2D eigenvalue weighted by atomic mass is 9.86. The van der Waals surface area contributed by atoms with Crippen molar-refractivity contribution in [3.8, 4) is 5.75 Å². The molecule has 0 radical (unpaired) electrons. The normalized spacial score (nSPS) is 17.3. The van der Waals surface area contributed by atoms with Crippen LogP contribution in [0.25, 0.3) is 0 Å². The maximum atomic E-state index is 6.00. The van der Waals surface area contributed by atoms with Crippen LogP contribution >= 0.6 is 0 Å². The van der Waals surface area contributed by atoms with E-state index in [2.05, 4.69) is 34.1 Å². The Morgan fingerprint density at radius 1 is 1.21 bits per heavy atom. The van der Waals surface area contributed by atoms with Gasteiger partial charge in [-0.15, -0.1) is 0 Å². The first kappa shape index (κ1) is 16.5. The van der Waals surface area contributed by atoms with Gasteiger partial charge < -0.3 is 30.9 Å². The minimum atomic E-state index is 0. The Balaban J connectivity index is 0.00000180. The Morgan fingerprint density at radius 2 is 1.84 bits per heavy atom. The number of nitrogens with zero attached hydrogens (tertiary/aromatic N) is 1. The lowest BCUT2D eigenvalue weighted by Crippen LogP contribution is -3.00. The maximum absolute atomic E-state index is 6.00. The summed E-state index contributed by atoms with van der Waals surface area (Å²) < 4.78 is 12.4. The summed E-state index contributed by atoms with van der Waals surface area (Å²) in [5, 5.41) is 0. The Morgan fingerprint density at radius 3 is 2.32 bits per heavy atom. The Labute approximate surface area is 126 Å². The molecule has 0 unspecified atom stereocenters. The van der Waals surface area contributed by atoms with Crippen molar-refractivity contribution < 1.29 is 30.9 Å².